The molecule has 0 saturated carbocycles. The van der Waals surface area contributed by atoms with Crippen molar-refractivity contribution in [3.63, 3.8) is 0 Å². The van der Waals surface area contributed by atoms with Crippen LogP contribution in [0, 0.1) is 0 Å². The van der Waals surface area contributed by atoms with E-state index in [0.717, 1.165) is 41.4 Å². The number of anilines is 2. The van der Waals surface area contributed by atoms with Gasteiger partial charge in [0.2, 0.25) is 5.95 Å². The third kappa shape index (κ3) is 5.90. The molecule has 37 heavy (non-hydrogen) atoms. The van der Waals surface area contributed by atoms with Crippen LogP contribution in [0.5, 0.6) is 0 Å². The van der Waals surface area contributed by atoms with E-state index < -0.39 is 0 Å². The number of aldehydes is 1. The monoisotopic (exact) mass is 502 g/mol. The van der Waals surface area contributed by atoms with Gasteiger partial charge in [0.15, 0.2) is 0 Å². The Morgan fingerprint density at radius 3 is 2.43 bits per heavy atom. The second kappa shape index (κ2) is 12.9. The maximum absolute atomic E-state index is 12.9. The highest BCUT2D eigenvalue weighted by atomic mass is 16.1. The fourth-order valence-electron chi connectivity index (χ4n) is 4.78. The Morgan fingerprint density at radius 1 is 1.00 bits per heavy atom. The number of rotatable bonds is 5. The number of hydrogen-bond donors (Lipinski definition) is 3. The van der Waals surface area contributed by atoms with Crippen LogP contribution >= 0.6 is 0 Å². The Labute approximate surface area is 218 Å². The number of aryl methyl sites for hydroxylation is 2. The van der Waals surface area contributed by atoms with Crippen LogP contribution < -0.4 is 16.0 Å². The molecule has 196 valence electrons. The Kier molecular flexibility index (Phi) is 9.60. The number of hydrogen-bond acceptors (Lipinski definition) is 6. The van der Waals surface area contributed by atoms with E-state index in [-0.39, 0.29) is 5.91 Å². The van der Waals surface area contributed by atoms with Crippen molar-refractivity contribution in [3.05, 3.63) is 58.8 Å². The third-order valence-corrected chi connectivity index (χ3v) is 6.46. The van der Waals surface area contributed by atoms with Gasteiger partial charge in [0.05, 0.1) is 5.52 Å². The summed E-state index contributed by atoms with van der Waals surface area (Å²) >= 11 is 0. The quantitative estimate of drug-likeness (QED) is 0.323. The highest BCUT2D eigenvalue weighted by Crippen LogP contribution is 2.32. The smallest absolute Gasteiger partial charge is 0.251 e. The van der Waals surface area contributed by atoms with Crippen molar-refractivity contribution in [2.24, 2.45) is 7.05 Å². The van der Waals surface area contributed by atoms with E-state index >= 15 is 0 Å². The standard InChI is InChI=1S/C25H28N6O.C2H4O.C2H6/c1-26-23-19-12-15(8-10-20(19)29-25(27-2)30-23)14-28-24(32)16-9-11-22-18(13-16)17-6-4-5-7-21(17)31(22)3;1-2-3;1-2/h8-13H,4-7,14H2,1-3H3,(H,28,32)(H2,26,27,29,30);2H,1H3;1-2H3. The lowest BCUT2D eigenvalue weighted by atomic mass is 9.95. The van der Waals surface area contributed by atoms with Crippen LogP contribution in [-0.4, -0.2) is 40.8 Å². The summed E-state index contributed by atoms with van der Waals surface area (Å²) in [6.07, 6.45) is 5.43. The number of carbonyl (C=O) groups excluding carboxylic acids is 2. The highest BCUT2D eigenvalue weighted by Gasteiger charge is 2.19. The van der Waals surface area contributed by atoms with Crippen LogP contribution in [0.15, 0.2) is 36.4 Å². The molecule has 4 aromatic rings. The summed E-state index contributed by atoms with van der Waals surface area (Å²) in [6.45, 7) is 5.89. The van der Waals surface area contributed by atoms with Crippen molar-refractivity contribution in [3.8, 4) is 0 Å². The van der Waals surface area contributed by atoms with E-state index in [1.165, 1.54) is 41.9 Å². The minimum absolute atomic E-state index is 0.0592. The first-order valence-electron chi connectivity index (χ1n) is 12.9. The number of nitrogens with one attached hydrogen (secondary N) is 3. The molecule has 2 aromatic heterocycles. The summed E-state index contributed by atoms with van der Waals surface area (Å²) in [4.78, 5) is 30.7. The average Bonchev–Trinajstić information content (AvgIpc) is 3.23. The number of aromatic nitrogens is 3. The van der Waals surface area contributed by atoms with Gasteiger partial charge in [0, 0.05) is 55.2 Å². The van der Waals surface area contributed by atoms with Crippen LogP contribution in [0.25, 0.3) is 21.8 Å². The zero-order valence-electron chi connectivity index (χ0n) is 22.7. The minimum Gasteiger partial charge on any atom is -0.372 e. The SMILES string of the molecule is CC.CC=O.CNc1nc(NC)c2cc(CNC(=O)c3ccc4c(c3)c3c(n4C)CCCC3)ccc2n1. The topological polar surface area (TPSA) is 101 Å². The molecule has 1 aliphatic rings. The Hall–Kier alpha value is -3.94. The molecule has 0 bridgehead atoms. The lowest BCUT2D eigenvalue weighted by molar-refractivity contribution is -0.106. The van der Waals surface area contributed by atoms with Crippen LogP contribution in [0.3, 0.4) is 0 Å². The van der Waals surface area contributed by atoms with Crippen molar-refractivity contribution in [2.75, 3.05) is 24.7 Å². The molecule has 2 aromatic carbocycles. The molecule has 0 fully saturated rings. The Morgan fingerprint density at radius 2 is 1.73 bits per heavy atom. The molecule has 1 amide bonds. The third-order valence-electron chi connectivity index (χ3n) is 6.46. The summed E-state index contributed by atoms with van der Waals surface area (Å²) in [5, 5.41) is 11.3. The molecule has 0 unspecified atom stereocenters. The van der Waals surface area contributed by atoms with Gasteiger partial charge in [-0.25, -0.2) is 4.98 Å². The summed E-state index contributed by atoms with van der Waals surface area (Å²) in [6, 6.07) is 12.0. The molecular weight excluding hydrogens is 464 g/mol. The van der Waals surface area contributed by atoms with Crippen molar-refractivity contribution >= 4 is 45.8 Å². The van der Waals surface area contributed by atoms with Gasteiger partial charge < -0.3 is 25.3 Å². The summed E-state index contributed by atoms with van der Waals surface area (Å²) in [7, 11) is 5.77. The molecule has 0 saturated heterocycles. The van der Waals surface area contributed by atoms with E-state index in [1.54, 1.807) is 7.05 Å². The molecule has 8 nitrogen and oxygen atoms in total. The molecule has 0 spiro atoms. The van der Waals surface area contributed by atoms with E-state index in [9.17, 15) is 4.79 Å². The zero-order valence-corrected chi connectivity index (χ0v) is 22.7. The molecule has 2 heterocycles. The van der Waals surface area contributed by atoms with Crippen LogP contribution in [0.4, 0.5) is 11.8 Å². The fraction of sp³-hybridized carbons (Fsp3) is 0.379. The average molecular weight is 503 g/mol. The van der Waals surface area contributed by atoms with Gasteiger partial charge in [-0.3, -0.25) is 4.79 Å². The summed E-state index contributed by atoms with van der Waals surface area (Å²) in [5.41, 5.74) is 6.60. The molecule has 5 rings (SSSR count). The van der Waals surface area contributed by atoms with Crippen molar-refractivity contribution in [1.29, 1.82) is 0 Å². The first kappa shape index (κ1) is 27.6. The predicted molar refractivity (Wildman–Crippen MR) is 152 cm³/mol. The maximum atomic E-state index is 12.9. The maximum Gasteiger partial charge on any atom is 0.251 e. The van der Waals surface area contributed by atoms with Crippen LogP contribution in [0.2, 0.25) is 0 Å². The van der Waals surface area contributed by atoms with Gasteiger partial charge in [-0.1, -0.05) is 19.9 Å². The van der Waals surface area contributed by atoms with E-state index in [4.69, 9.17) is 4.79 Å². The minimum atomic E-state index is -0.0592. The van der Waals surface area contributed by atoms with E-state index in [1.807, 2.05) is 45.2 Å². The van der Waals surface area contributed by atoms with Gasteiger partial charge in [0.1, 0.15) is 12.1 Å². The van der Waals surface area contributed by atoms with Gasteiger partial charge in [-0.2, -0.15) is 4.98 Å². The number of amides is 1. The molecular formula is C29H38N6O2. The second-order valence-corrected chi connectivity index (χ2v) is 8.59. The fourth-order valence-corrected chi connectivity index (χ4v) is 4.78. The highest BCUT2D eigenvalue weighted by molar-refractivity contribution is 5.99. The predicted octanol–water partition coefficient (Wildman–Crippen LogP) is 5.25. The van der Waals surface area contributed by atoms with Crippen molar-refractivity contribution in [1.82, 2.24) is 19.9 Å². The lowest BCUT2D eigenvalue weighted by Crippen LogP contribution is -2.22. The molecule has 0 aliphatic heterocycles. The Bertz CT molecular complexity index is 1390. The van der Waals surface area contributed by atoms with Crippen LogP contribution in [0.1, 0.15) is 60.8 Å². The zero-order chi connectivity index (χ0) is 26.9. The van der Waals surface area contributed by atoms with Gasteiger partial charge in [-0.05, 0) is 74.1 Å². The van der Waals surface area contributed by atoms with Crippen molar-refractivity contribution < 1.29 is 9.59 Å². The normalized spacial score (nSPS) is 11.9. The Balaban J connectivity index is 0.000000711. The number of nitrogens with zero attached hydrogens (tertiary/aromatic N) is 3. The summed E-state index contributed by atoms with van der Waals surface area (Å²) in [5.74, 6) is 1.27. The lowest BCUT2D eigenvalue weighted by Gasteiger charge is -2.13. The first-order chi connectivity index (χ1) is 18.0. The first-order valence-corrected chi connectivity index (χ1v) is 12.9. The van der Waals surface area contributed by atoms with E-state index in [2.05, 4.69) is 49.7 Å². The molecule has 1 aliphatic carbocycles. The molecule has 3 N–H and O–H groups in total. The molecule has 0 radical (unpaired) electrons. The molecule has 8 heteroatoms. The van der Waals surface area contributed by atoms with E-state index in [0.29, 0.717) is 18.1 Å². The number of carbonyl (C=O) groups is 2. The van der Waals surface area contributed by atoms with Gasteiger partial charge >= 0.3 is 0 Å². The summed E-state index contributed by atoms with van der Waals surface area (Å²) < 4.78 is 2.29. The largest absolute Gasteiger partial charge is 0.372 e. The number of benzene rings is 2. The van der Waals surface area contributed by atoms with Crippen molar-refractivity contribution in [2.45, 2.75) is 53.0 Å². The van der Waals surface area contributed by atoms with Gasteiger partial charge in [0.25, 0.3) is 5.91 Å². The second-order valence-electron chi connectivity index (χ2n) is 8.59. The molecule has 0 atom stereocenters. The number of fused-ring (bicyclic) bond motifs is 4. The van der Waals surface area contributed by atoms with Crippen LogP contribution in [-0.2, 0) is 31.2 Å². The van der Waals surface area contributed by atoms with Gasteiger partial charge in [-0.15, -0.1) is 0 Å².